The molecule has 0 radical (unpaired) electrons. The van der Waals surface area contributed by atoms with Gasteiger partial charge in [-0.05, 0) is 44.5 Å². The third-order valence-corrected chi connectivity index (χ3v) is 5.64. The zero-order chi connectivity index (χ0) is 23.9. The molecule has 1 aliphatic rings. The first-order chi connectivity index (χ1) is 16.6. The number of hydrogen-bond donors (Lipinski definition) is 3. The van der Waals surface area contributed by atoms with Gasteiger partial charge in [-0.2, -0.15) is 0 Å². The molecule has 2 aromatic heterocycles. The van der Waals surface area contributed by atoms with E-state index in [1.54, 1.807) is 31.8 Å². The number of rotatable bonds is 8. The Hall–Kier alpha value is -3.98. The second kappa shape index (κ2) is 10.8. The number of carbonyl (C=O) groups is 1. The summed E-state index contributed by atoms with van der Waals surface area (Å²) in [6.07, 6.45) is 14.6. The van der Waals surface area contributed by atoms with Crippen molar-refractivity contribution in [3.8, 4) is 17.0 Å². The summed E-state index contributed by atoms with van der Waals surface area (Å²) in [7, 11) is 1.54. The van der Waals surface area contributed by atoms with Crippen molar-refractivity contribution in [2.45, 2.75) is 25.8 Å². The second-order valence-corrected chi connectivity index (χ2v) is 7.82. The van der Waals surface area contributed by atoms with Crippen molar-refractivity contribution in [2.75, 3.05) is 25.9 Å². The molecule has 0 spiro atoms. The van der Waals surface area contributed by atoms with Gasteiger partial charge in [-0.3, -0.25) is 14.2 Å². The fourth-order valence-electron chi connectivity index (χ4n) is 4.02. The van der Waals surface area contributed by atoms with Crippen LogP contribution in [-0.2, 0) is 0 Å². The van der Waals surface area contributed by atoms with E-state index in [4.69, 9.17) is 15.5 Å². The number of amides is 1. The predicted molar refractivity (Wildman–Crippen MR) is 134 cm³/mol. The Morgan fingerprint density at radius 3 is 3.06 bits per heavy atom. The minimum atomic E-state index is -0.251. The van der Waals surface area contributed by atoms with Gasteiger partial charge in [0.2, 0.25) is 0 Å². The van der Waals surface area contributed by atoms with E-state index in [1.807, 2.05) is 47.9 Å². The first-order valence-corrected chi connectivity index (χ1v) is 11.3. The number of aromatic nitrogens is 3. The lowest BCUT2D eigenvalue weighted by atomic mass is 10.1. The van der Waals surface area contributed by atoms with Crippen molar-refractivity contribution < 1.29 is 9.53 Å². The number of methoxy groups -OCH3 is 1. The molecule has 9 nitrogen and oxygen atoms in total. The van der Waals surface area contributed by atoms with Crippen LogP contribution in [0.4, 0.5) is 5.82 Å². The van der Waals surface area contributed by atoms with Crippen molar-refractivity contribution in [1.29, 1.82) is 0 Å². The van der Waals surface area contributed by atoms with Gasteiger partial charge in [-0.1, -0.05) is 18.2 Å². The van der Waals surface area contributed by atoms with Gasteiger partial charge < -0.3 is 21.1 Å². The van der Waals surface area contributed by atoms with Crippen LogP contribution in [0.1, 0.15) is 42.0 Å². The van der Waals surface area contributed by atoms with Crippen molar-refractivity contribution in [3.63, 3.8) is 0 Å². The zero-order valence-electron chi connectivity index (χ0n) is 19.4. The highest BCUT2D eigenvalue weighted by Crippen LogP contribution is 2.34. The molecule has 0 bridgehead atoms. The van der Waals surface area contributed by atoms with E-state index in [9.17, 15) is 4.79 Å². The highest BCUT2D eigenvalue weighted by molar-refractivity contribution is 5.99. The molecule has 0 saturated carbocycles. The summed E-state index contributed by atoms with van der Waals surface area (Å²) in [5.41, 5.74) is 8.93. The summed E-state index contributed by atoms with van der Waals surface area (Å²) in [6.45, 7) is 3.19. The second-order valence-electron chi connectivity index (χ2n) is 7.82. The third-order valence-electron chi connectivity index (χ3n) is 5.64. The van der Waals surface area contributed by atoms with Crippen LogP contribution in [0.5, 0.6) is 5.75 Å². The first kappa shape index (κ1) is 23.2. The maximum Gasteiger partial charge on any atom is 0.255 e. The van der Waals surface area contributed by atoms with Crippen LogP contribution in [0.3, 0.4) is 0 Å². The number of nitrogens with one attached hydrogen (secondary N) is 2. The number of nitrogen functional groups attached to an aromatic ring is 1. The summed E-state index contributed by atoms with van der Waals surface area (Å²) < 4.78 is 7.54. The number of nitrogens with zero attached hydrogens (tertiary/aromatic N) is 4. The smallest absolute Gasteiger partial charge is 0.255 e. The average Bonchev–Trinajstić information content (AvgIpc) is 3.51. The Labute approximate surface area is 198 Å². The molecule has 1 amide bonds. The van der Waals surface area contributed by atoms with Crippen molar-refractivity contribution in [3.05, 3.63) is 66.4 Å². The van der Waals surface area contributed by atoms with Gasteiger partial charge in [0.05, 0.1) is 25.3 Å². The lowest BCUT2D eigenvalue weighted by molar-refractivity contribution is 0.0956. The number of anilines is 1. The lowest BCUT2D eigenvalue weighted by Crippen LogP contribution is -2.25. The van der Waals surface area contributed by atoms with Gasteiger partial charge in [0.15, 0.2) is 0 Å². The zero-order valence-corrected chi connectivity index (χ0v) is 19.4. The highest BCUT2D eigenvalue weighted by Gasteiger charge is 2.25. The quantitative estimate of drug-likeness (QED) is 0.351. The average molecular weight is 460 g/mol. The monoisotopic (exact) mass is 459 g/mol. The maximum atomic E-state index is 12.7. The number of carbonyl (C=O) groups excluding carboxylic acids is 1. The Kier molecular flexibility index (Phi) is 7.34. The van der Waals surface area contributed by atoms with Gasteiger partial charge in [0.1, 0.15) is 28.6 Å². The minimum absolute atomic E-state index is 0.157. The largest absolute Gasteiger partial charge is 0.496 e. The Bertz CT molecular complexity index is 1250. The molecule has 1 aromatic carbocycles. The standard InChI is InChI=1S/C25H29N7O2/c1-3-4-5-10-27-12-13-30-25(33)18-9-8-17(16-20(18)34-2)21-22-23(26)29-14-15-32(22)24(31-21)19-7-6-11-28-19/h3-5,8-10,12,14-16,19,28H,6-7,11,13H2,1-2H3,(H2,26,29)(H,30,33)/b4-3-,10-5-,27-12+/t19-/m0/s1. The van der Waals surface area contributed by atoms with Crippen LogP contribution >= 0.6 is 0 Å². The molecule has 3 heterocycles. The Morgan fingerprint density at radius 1 is 1.41 bits per heavy atom. The summed E-state index contributed by atoms with van der Waals surface area (Å²) in [5.74, 6) is 1.50. The predicted octanol–water partition coefficient (Wildman–Crippen LogP) is 3.30. The minimum Gasteiger partial charge on any atom is -0.496 e. The van der Waals surface area contributed by atoms with E-state index in [1.165, 1.54) is 0 Å². The van der Waals surface area contributed by atoms with Crippen LogP contribution in [0, 0.1) is 0 Å². The van der Waals surface area contributed by atoms with Gasteiger partial charge in [0.25, 0.3) is 5.91 Å². The molecule has 1 aliphatic heterocycles. The molecule has 4 N–H and O–H groups in total. The van der Waals surface area contributed by atoms with Crippen molar-refractivity contribution in [1.82, 2.24) is 25.0 Å². The summed E-state index contributed by atoms with van der Waals surface area (Å²) in [6, 6.07) is 5.55. The first-order valence-electron chi connectivity index (χ1n) is 11.3. The number of allylic oxidation sites excluding steroid dienone is 3. The van der Waals surface area contributed by atoms with Crippen molar-refractivity contribution in [2.24, 2.45) is 4.99 Å². The molecule has 1 saturated heterocycles. The number of imidazole rings is 1. The van der Waals surface area contributed by atoms with Gasteiger partial charge in [-0.15, -0.1) is 0 Å². The Balaban J connectivity index is 1.61. The van der Waals surface area contributed by atoms with Gasteiger partial charge in [0, 0.05) is 30.4 Å². The lowest BCUT2D eigenvalue weighted by Gasteiger charge is -2.10. The molecular formula is C25H29N7O2. The number of benzene rings is 1. The molecule has 0 unspecified atom stereocenters. The molecule has 34 heavy (non-hydrogen) atoms. The van der Waals surface area contributed by atoms with Crippen LogP contribution in [0.15, 0.2) is 60.0 Å². The molecule has 3 aromatic rings. The van der Waals surface area contributed by atoms with E-state index in [2.05, 4.69) is 20.6 Å². The molecule has 4 rings (SSSR count). The van der Waals surface area contributed by atoms with Crippen LogP contribution in [0.2, 0.25) is 0 Å². The van der Waals surface area contributed by atoms with E-state index >= 15 is 0 Å². The number of nitrogens with two attached hydrogens (primary N) is 1. The summed E-state index contributed by atoms with van der Waals surface area (Å²) >= 11 is 0. The SMILES string of the molecule is C\C=C/C=C\N=C\CNC(=O)c1ccc(-c2nc([C@@H]3CCCN3)n3ccnc(N)c23)cc1OC. The molecule has 0 aliphatic carbocycles. The molecule has 1 fully saturated rings. The van der Waals surface area contributed by atoms with Crippen LogP contribution in [-0.4, -0.2) is 46.7 Å². The molecule has 9 heteroatoms. The van der Waals surface area contributed by atoms with Gasteiger partial charge >= 0.3 is 0 Å². The fraction of sp³-hybridized carbons (Fsp3) is 0.280. The number of hydrogen-bond acceptors (Lipinski definition) is 7. The number of aliphatic imine (C=N–C) groups is 1. The van der Waals surface area contributed by atoms with Crippen molar-refractivity contribution >= 4 is 23.5 Å². The van der Waals surface area contributed by atoms with E-state index in [0.717, 1.165) is 36.3 Å². The van der Waals surface area contributed by atoms with Crippen LogP contribution in [0.25, 0.3) is 16.8 Å². The summed E-state index contributed by atoms with van der Waals surface area (Å²) in [5, 5.41) is 6.32. The fourth-order valence-corrected chi connectivity index (χ4v) is 4.02. The normalized spacial score (nSPS) is 16.4. The third kappa shape index (κ3) is 4.84. The van der Waals surface area contributed by atoms with E-state index < -0.39 is 0 Å². The topological polar surface area (TPSA) is 119 Å². The number of fused-ring (bicyclic) bond motifs is 1. The number of ether oxygens (including phenoxy) is 1. The van der Waals surface area contributed by atoms with Crippen LogP contribution < -0.4 is 21.1 Å². The van der Waals surface area contributed by atoms with Gasteiger partial charge in [-0.25, -0.2) is 9.97 Å². The van der Waals surface area contributed by atoms with E-state index in [0.29, 0.717) is 29.4 Å². The van der Waals surface area contributed by atoms with E-state index in [-0.39, 0.29) is 11.9 Å². The molecule has 1 atom stereocenters. The summed E-state index contributed by atoms with van der Waals surface area (Å²) in [4.78, 5) is 26.0. The highest BCUT2D eigenvalue weighted by atomic mass is 16.5. The molecular weight excluding hydrogens is 430 g/mol. The molecule has 176 valence electrons. The Morgan fingerprint density at radius 2 is 2.29 bits per heavy atom. The maximum absolute atomic E-state index is 12.7.